The number of carboxylic acids is 1. The van der Waals surface area contributed by atoms with Gasteiger partial charge in [0.15, 0.2) is 0 Å². The molecule has 0 aliphatic rings. The van der Waals surface area contributed by atoms with Crippen molar-refractivity contribution in [3.63, 3.8) is 0 Å². The smallest absolute Gasteiger partial charge is 0.335 e. The molecule has 0 amide bonds. The standard InChI is InChI=1S/C13H16O2/c1-4-10(13(14)15)12-8-6-5-7-11(12)9(2)3/h4-9H,1-3H3,(H,14,15)/b10-4+. The Balaban J connectivity index is 3.30. The maximum atomic E-state index is 11.0. The number of hydrogen-bond donors (Lipinski definition) is 1. The molecule has 1 aromatic rings. The second-order valence-electron chi connectivity index (χ2n) is 3.75. The first kappa shape index (κ1) is 11.5. The van der Waals surface area contributed by atoms with Gasteiger partial charge in [0.25, 0.3) is 0 Å². The van der Waals surface area contributed by atoms with Crippen molar-refractivity contribution in [3.8, 4) is 0 Å². The third kappa shape index (κ3) is 2.46. The van der Waals surface area contributed by atoms with Gasteiger partial charge in [-0.05, 0) is 24.0 Å². The summed E-state index contributed by atoms with van der Waals surface area (Å²) in [7, 11) is 0. The fourth-order valence-corrected chi connectivity index (χ4v) is 1.64. The van der Waals surface area contributed by atoms with E-state index >= 15 is 0 Å². The number of hydrogen-bond acceptors (Lipinski definition) is 1. The van der Waals surface area contributed by atoms with E-state index in [0.29, 0.717) is 11.5 Å². The van der Waals surface area contributed by atoms with Crippen molar-refractivity contribution in [2.45, 2.75) is 26.7 Å². The molecule has 0 aromatic heterocycles. The Hall–Kier alpha value is -1.57. The van der Waals surface area contributed by atoms with Crippen molar-refractivity contribution in [2.24, 2.45) is 0 Å². The van der Waals surface area contributed by atoms with E-state index in [1.165, 1.54) is 0 Å². The van der Waals surface area contributed by atoms with Gasteiger partial charge in [0.2, 0.25) is 0 Å². The van der Waals surface area contributed by atoms with Crippen LogP contribution in [0.3, 0.4) is 0 Å². The monoisotopic (exact) mass is 204 g/mol. The molecule has 2 nitrogen and oxygen atoms in total. The fourth-order valence-electron chi connectivity index (χ4n) is 1.64. The number of carbonyl (C=O) groups is 1. The van der Waals surface area contributed by atoms with Crippen LogP contribution in [0.4, 0.5) is 0 Å². The predicted molar refractivity (Wildman–Crippen MR) is 61.8 cm³/mol. The van der Waals surface area contributed by atoms with Gasteiger partial charge < -0.3 is 5.11 Å². The average Bonchev–Trinajstić information content (AvgIpc) is 2.18. The zero-order valence-corrected chi connectivity index (χ0v) is 9.32. The van der Waals surface area contributed by atoms with Crippen molar-refractivity contribution in [1.29, 1.82) is 0 Å². The van der Waals surface area contributed by atoms with E-state index in [1.54, 1.807) is 13.0 Å². The van der Waals surface area contributed by atoms with E-state index in [2.05, 4.69) is 13.8 Å². The first-order valence-electron chi connectivity index (χ1n) is 5.06. The number of benzene rings is 1. The third-order valence-corrected chi connectivity index (χ3v) is 2.39. The van der Waals surface area contributed by atoms with E-state index in [1.807, 2.05) is 24.3 Å². The molecule has 1 rings (SSSR count). The van der Waals surface area contributed by atoms with Gasteiger partial charge in [0.05, 0.1) is 5.57 Å². The summed E-state index contributed by atoms with van der Waals surface area (Å²) in [5.74, 6) is -0.541. The summed E-state index contributed by atoms with van der Waals surface area (Å²) in [6.45, 7) is 5.88. The van der Waals surface area contributed by atoms with Gasteiger partial charge in [-0.15, -0.1) is 0 Å². The molecule has 0 aliphatic heterocycles. The Bertz CT molecular complexity index is 389. The quantitative estimate of drug-likeness (QED) is 0.767. The van der Waals surface area contributed by atoms with Crippen molar-refractivity contribution < 1.29 is 9.90 Å². The Morgan fingerprint density at radius 2 is 1.93 bits per heavy atom. The van der Waals surface area contributed by atoms with Gasteiger partial charge in [0.1, 0.15) is 0 Å². The topological polar surface area (TPSA) is 37.3 Å². The second-order valence-corrected chi connectivity index (χ2v) is 3.75. The van der Waals surface area contributed by atoms with Crippen LogP contribution in [0, 0.1) is 0 Å². The van der Waals surface area contributed by atoms with E-state index in [0.717, 1.165) is 11.1 Å². The molecule has 0 fully saturated rings. The van der Waals surface area contributed by atoms with Crippen molar-refractivity contribution in [1.82, 2.24) is 0 Å². The number of allylic oxidation sites excluding steroid dienone is 1. The average molecular weight is 204 g/mol. The summed E-state index contributed by atoms with van der Waals surface area (Å²) in [5.41, 5.74) is 2.27. The molecular weight excluding hydrogens is 188 g/mol. The fraction of sp³-hybridized carbons (Fsp3) is 0.308. The summed E-state index contributed by atoms with van der Waals surface area (Å²) in [6, 6.07) is 7.65. The largest absolute Gasteiger partial charge is 0.478 e. The predicted octanol–water partition coefficient (Wildman–Crippen LogP) is 3.30. The molecule has 0 aliphatic carbocycles. The van der Waals surface area contributed by atoms with Gasteiger partial charge in [-0.25, -0.2) is 4.79 Å². The van der Waals surface area contributed by atoms with Crippen LogP contribution >= 0.6 is 0 Å². The second kappa shape index (κ2) is 4.78. The van der Waals surface area contributed by atoms with Gasteiger partial charge in [0, 0.05) is 0 Å². The summed E-state index contributed by atoms with van der Waals surface area (Å²) in [6.07, 6.45) is 1.64. The normalized spacial score (nSPS) is 11.9. The summed E-state index contributed by atoms with van der Waals surface area (Å²) < 4.78 is 0. The highest BCUT2D eigenvalue weighted by Gasteiger charge is 2.14. The molecule has 15 heavy (non-hydrogen) atoms. The lowest BCUT2D eigenvalue weighted by molar-refractivity contribution is -0.130. The van der Waals surface area contributed by atoms with Crippen LogP contribution in [-0.2, 0) is 4.79 Å². The zero-order valence-electron chi connectivity index (χ0n) is 9.32. The van der Waals surface area contributed by atoms with Crippen LogP contribution in [0.2, 0.25) is 0 Å². The molecule has 0 atom stereocenters. The van der Waals surface area contributed by atoms with Gasteiger partial charge in [-0.2, -0.15) is 0 Å². The van der Waals surface area contributed by atoms with Crippen LogP contribution in [0.25, 0.3) is 5.57 Å². The maximum Gasteiger partial charge on any atom is 0.335 e. The Morgan fingerprint density at radius 3 is 2.40 bits per heavy atom. The molecule has 0 saturated heterocycles. The molecule has 0 unspecified atom stereocenters. The minimum atomic E-state index is -0.870. The molecule has 1 aromatic carbocycles. The highest BCUT2D eigenvalue weighted by atomic mass is 16.4. The number of carboxylic acid groups (broad SMARTS) is 1. The SMILES string of the molecule is C/C=C(/C(=O)O)c1ccccc1C(C)C. The van der Waals surface area contributed by atoms with Crippen LogP contribution in [0.5, 0.6) is 0 Å². The van der Waals surface area contributed by atoms with Crippen LogP contribution in [-0.4, -0.2) is 11.1 Å². The van der Waals surface area contributed by atoms with Crippen LogP contribution in [0.1, 0.15) is 37.8 Å². The molecule has 0 spiro atoms. The lowest BCUT2D eigenvalue weighted by Gasteiger charge is -2.12. The molecule has 0 heterocycles. The Morgan fingerprint density at radius 1 is 1.33 bits per heavy atom. The van der Waals surface area contributed by atoms with Crippen molar-refractivity contribution in [3.05, 3.63) is 41.5 Å². The van der Waals surface area contributed by atoms with E-state index in [-0.39, 0.29) is 0 Å². The highest BCUT2D eigenvalue weighted by molar-refractivity contribution is 6.15. The van der Waals surface area contributed by atoms with Crippen molar-refractivity contribution >= 4 is 11.5 Å². The molecule has 0 radical (unpaired) electrons. The number of aliphatic carboxylic acids is 1. The Labute approximate surface area is 90.3 Å². The summed E-state index contributed by atoms with van der Waals surface area (Å²) in [4.78, 5) is 11.0. The molecule has 0 saturated carbocycles. The molecule has 2 heteroatoms. The lowest BCUT2D eigenvalue weighted by Crippen LogP contribution is -2.03. The van der Waals surface area contributed by atoms with Gasteiger partial charge >= 0.3 is 5.97 Å². The van der Waals surface area contributed by atoms with Crippen LogP contribution < -0.4 is 0 Å². The Kier molecular flexibility index (Phi) is 3.67. The van der Waals surface area contributed by atoms with Crippen molar-refractivity contribution in [2.75, 3.05) is 0 Å². The molecule has 80 valence electrons. The van der Waals surface area contributed by atoms with Crippen LogP contribution in [0.15, 0.2) is 30.3 Å². The minimum absolute atomic E-state index is 0.329. The maximum absolute atomic E-state index is 11.0. The molecule has 0 bridgehead atoms. The van der Waals surface area contributed by atoms with E-state index in [9.17, 15) is 4.79 Å². The van der Waals surface area contributed by atoms with Gasteiger partial charge in [-0.1, -0.05) is 44.2 Å². The van der Waals surface area contributed by atoms with E-state index in [4.69, 9.17) is 5.11 Å². The highest BCUT2D eigenvalue weighted by Crippen LogP contribution is 2.25. The summed E-state index contributed by atoms with van der Waals surface area (Å²) >= 11 is 0. The van der Waals surface area contributed by atoms with E-state index < -0.39 is 5.97 Å². The molecule has 1 N–H and O–H groups in total. The molecular formula is C13H16O2. The first-order chi connectivity index (χ1) is 7.07. The summed E-state index contributed by atoms with van der Waals surface area (Å²) in [5, 5.41) is 9.06. The number of rotatable bonds is 3. The first-order valence-corrected chi connectivity index (χ1v) is 5.06. The minimum Gasteiger partial charge on any atom is -0.478 e. The zero-order chi connectivity index (χ0) is 11.4. The van der Waals surface area contributed by atoms with Gasteiger partial charge in [-0.3, -0.25) is 0 Å². The third-order valence-electron chi connectivity index (χ3n) is 2.39. The lowest BCUT2D eigenvalue weighted by atomic mass is 9.92.